The number of nitrogens with one attached hydrogen (secondary N) is 1. The van der Waals surface area contributed by atoms with Crippen molar-refractivity contribution >= 4 is 46.4 Å². The molecule has 19 heavy (non-hydrogen) atoms. The van der Waals surface area contributed by atoms with E-state index in [1.165, 1.54) is 18.3 Å². The Morgan fingerprint density at radius 2 is 2.00 bits per heavy atom. The maximum absolute atomic E-state index is 12.0. The average Bonchev–Trinajstić information content (AvgIpc) is 2.36. The number of carbonyl (C=O) groups is 1. The van der Waals surface area contributed by atoms with Crippen molar-refractivity contribution < 1.29 is 4.79 Å². The topological polar surface area (TPSA) is 54.9 Å². The van der Waals surface area contributed by atoms with Gasteiger partial charge in [0.05, 0.1) is 16.9 Å². The number of hydrogen-bond acceptors (Lipinski definition) is 3. The molecular weight excluding hydrogens is 309 g/mol. The van der Waals surface area contributed by atoms with E-state index in [0.717, 1.165) is 5.56 Å². The van der Waals surface area contributed by atoms with Gasteiger partial charge in [0.15, 0.2) is 0 Å². The van der Waals surface area contributed by atoms with Crippen molar-refractivity contribution in [2.24, 2.45) is 0 Å². The second-order valence-corrected chi connectivity index (χ2v) is 4.90. The summed E-state index contributed by atoms with van der Waals surface area (Å²) in [6, 6.07) is 4.72. The number of aromatic nitrogens is 2. The molecule has 2 heterocycles. The molecular formula is C12H8Cl3N3O. The Morgan fingerprint density at radius 3 is 2.68 bits per heavy atom. The molecule has 1 amide bonds. The van der Waals surface area contributed by atoms with Crippen molar-refractivity contribution in [2.75, 3.05) is 5.32 Å². The highest BCUT2D eigenvalue weighted by Crippen LogP contribution is 2.20. The number of halogens is 3. The molecule has 2 rings (SSSR count). The van der Waals surface area contributed by atoms with Gasteiger partial charge in [0.25, 0.3) is 5.91 Å². The van der Waals surface area contributed by atoms with Crippen molar-refractivity contribution in [1.82, 2.24) is 9.97 Å². The number of anilines is 1. The normalized spacial score (nSPS) is 10.3. The third-order valence-corrected chi connectivity index (χ3v) is 3.21. The molecule has 2 aromatic rings. The third kappa shape index (κ3) is 3.35. The number of rotatable bonds is 2. The molecule has 0 fully saturated rings. The quantitative estimate of drug-likeness (QED) is 0.852. The van der Waals surface area contributed by atoms with E-state index >= 15 is 0 Å². The van der Waals surface area contributed by atoms with Crippen LogP contribution < -0.4 is 5.32 Å². The van der Waals surface area contributed by atoms with Crippen LogP contribution in [0.25, 0.3) is 0 Å². The molecule has 2 aromatic heterocycles. The highest BCUT2D eigenvalue weighted by atomic mass is 35.5. The van der Waals surface area contributed by atoms with Gasteiger partial charge in [-0.1, -0.05) is 34.8 Å². The van der Waals surface area contributed by atoms with Crippen molar-refractivity contribution in [1.29, 1.82) is 0 Å². The summed E-state index contributed by atoms with van der Waals surface area (Å²) in [6.45, 7) is 1.79. The van der Waals surface area contributed by atoms with Gasteiger partial charge < -0.3 is 5.32 Å². The summed E-state index contributed by atoms with van der Waals surface area (Å²) in [4.78, 5) is 19.8. The molecule has 0 atom stereocenters. The van der Waals surface area contributed by atoms with E-state index in [4.69, 9.17) is 34.8 Å². The number of aryl methyl sites for hydroxylation is 1. The third-order valence-electron chi connectivity index (χ3n) is 2.30. The Bertz CT molecular complexity index is 646. The highest BCUT2D eigenvalue weighted by molar-refractivity contribution is 6.35. The lowest BCUT2D eigenvalue weighted by atomic mass is 10.3. The van der Waals surface area contributed by atoms with Crippen molar-refractivity contribution in [2.45, 2.75) is 6.92 Å². The maximum atomic E-state index is 12.0. The molecule has 0 saturated carbocycles. The van der Waals surface area contributed by atoms with Crippen LogP contribution in [-0.4, -0.2) is 15.9 Å². The predicted molar refractivity (Wildman–Crippen MR) is 76.2 cm³/mol. The van der Waals surface area contributed by atoms with Crippen molar-refractivity contribution in [3.05, 3.63) is 51.0 Å². The van der Waals surface area contributed by atoms with Crippen molar-refractivity contribution in [3.63, 3.8) is 0 Å². The molecule has 1 N–H and O–H groups in total. The number of hydrogen-bond donors (Lipinski definition) is 1. The Labute approximate surface area is 124 Å². The lowest BCUT2D eigenvalue weighted by molar-refractivity contribution is 0.102. The number of carbonyl (C=O) groups excluding carboxylic acids is 1. The Balaban J connectivity index is 2.25. The fraction of sp³-hybridized carbons (Fsp3) is 0.0833. The Morgan fingerprint density at radius 1 is 1.26 bits per heavy atom. The number of amides is 1. The molecule has 4 nitrogen and oxygen atoms in total. The smallest absolute Gasteiger partial charge is 0.275 e. The van der Waals surface area contributed by atoms with Crippen LogP contribution in [-0.2, 0) is 0 Å². The van der Waals surface area contributed by atoms with Crippen LogP contribution >= 0.6 is 34.8 Å². The van der Waals surface area contributed by atoms with Gasteiger partial charge in [-0.05, 0) is 30.7 Å². The number of nitrogens with zero attached hydrogens (tertiary/aromatic N) is 2. The molecule has 0 saturated heterocycles. The minimum Gasteiger partial charge on any atom is -0.319 e. The van der Waals surface area contributed by atoms with Crippen LogP contribution in [0, 0.1) is 6.92 Å². The molecule has 0 aliphatic heterocycles. The SMILES string of the molecule is Cc1cc(NC(=O)c2nc(Cl)ccc2Cl)cnc1Cl. The first-order valence-electron chi connectivity index (χ1n) is 5.23. The van der Waals surface area contributed by atoms with Gasteiger partial charge >= 0.3 is 0 Å². The largest absolute Gasteiger partial charge is 0.319 e. The first kappa shape index (κ1) is 14.1. The van der Waals surface area contributed by atoms with Gasteiger partial charge in [0.1, 0.15) is 16.0 Å². The number of pyridine rings is 2. The summed E-state index contributed by atoms with van der Waals surface area (Å²) in [6.07, 6.45) is 1.45. The van der Waals surface area contributed by atoms with Gasteiger partial charge in [-0.2, -0.15) is 0 Å². The first-order chi connectivity index (χ1) is 8.97. The second kappa shape index (κ2) is 5.74. The fourth-order valence-corrected chi connectivity index (χ4v) is 1.84. The highest BCUT2D eigenvalue weighted by Gasteiger charge is 2.13. The van der Waals surface area contributed by atoms with E-state index in [1.54, 1.807) is 13.0 Å². The summed E-state index contributed by atoms with van der Waals surface area (Å²) in [5, 5.41) is 3.43. The van der Waals surface area contributed by atoms with E-state index in [-0.39, 0.29) is 15.9 Å². The summed E-state index contributed by atoms with van der Waals surface area (Å²) in [5.74, 6) is -0.462. The van der Waals surface area contributed by atoms with E-state index in [0.29, 0.717) is 10.8 Å². The molecule has 0 radical (unpaired) electrons. The van der Waals surface area contributed by atoms with Crippen LogP contribution in [0.1, 0.15) is 16.1 Å². The summed E-state index contributed by atoms with van der Waals surface area (Å²) < 4.78 is 0. The zero-order valence-corrected chi connectivity index (χ0v) is 12.0. The zero-order valence-electron chi connectivity index (χ0n) is 9.75. The van der Waals surface area contributed by atoms with Crippen LogP contribution in [0.5, 0.6) is 0 Å². The summed E-state index contributed by atoms with van der Waals surface area (Å²) in [5.41, 5.74) is 1.32. The van der Waals surface area contributed by atoms with Gasteiger partial charge in [0.2, 0.25) is 0 Å². The molecule has 0 bridgehead atoms. The van der Waals surface area contributed by atoms with Crippen molar-refractivity contribution in [3.8, 4) is 0 Å². The van der Waals surface area contributed by atoms with Gasteiger partial charge in [-0.3, -0.25) is 4.79 Å². The van der Waals surface area contributed by atoms with Gasteiger partial charge in [0, 0.05) is 0 Å². The standard InChI is InChI=1S/C12H8Cl3N3O/c1-6-4-7(5-16-11(6)15)17-12(19)10-8(13)2-3-9(14)18-10/h2-5H,1H3,(H,17,19). The molecule has 0 spiro atoms. The van der Waals surface area contributed by atoms with Gasteiger partial charge in [-0.25, -0.2) is 9.97 Å². The van der Waals surface area contributed by atoms with E-state index < -0.39 is 5.91 Å². The fourth-order valence-electron chi connectivity index (χ4n) is 1.39. The second-order valence-electron chi connectivity index (χ2n) is 3.75. The van der Waals surface area contributed by atoms with Crippen LogP contribution in [0.15, 0.2) is 24.4 Å². The minimum atomic E-state index is -0.462. The lowest BCUT2D eigenvalue weighted by Gasteiger charge is -2.07. The van der Waals surface area contributed by atoms with Crippen LogP contribution in [0.3, 0.4) is 0 Å². The average molecular weight is 317 g/mol. The lowest BCUT2D eigenvalue weighted by Crippen LogP contribution is -2.14. The molecule has 0 unspecified atom stereocenters. The molecule has 0 aromatic carbocycles. The van der Waals surface area contributed by atoms with Crippen LogP contribution in [0.4, 0.5) is 5.69 Å². The predicted octanol–water partition coefficient (Wildman–Crippen LogP) is 4.00. The summed E-state index contributed by atoms with van der Waals surface area (Å²) >= 11 is 17.4. The minimum absolute atomic E-state index is 0.0572. The van der Waals surface area contributed by atoms with Crippen LogP contribution in [0.2, 0.25) is 15.3 Å². The monoisotopic (exact) mass is 315 g/mol. The Kier molecular flexibility index (Phi) is 4.24. The van der Waals surface area contributed by atoms with E-state index in [1.807, 2.05) is 0 Å². The van der Waals surface area contributed by atoms with E-state index in [9.17, 15) is 4.79 Å². The first-order valence-corrected chi connectivity index (χ1v) is 6.36. The van der Waals surface area contributed by atoms with E-state index in [2.05, 4.69) is 15.3 Å². The maximum Gasteiger partial charge on any atom is 0.275 e. The van der Waals surface area contributed by atoms with Gasteiger partial charge in [-0.15, -0.1) is 0 Å². The zero-order chi connectivity index (χ0) is 14.0. The molecule has 0 aliphatic rings. The molecule has 0 aliphatic carbocycles. The summed E-state index contributed by atoms with van der Waals surface area (Å²) in [7, 11) is 0. The molecule has 7 heteroatoms. The molecule has 98 valence electrons. The Hall–Kier alpha value is -1.36.